The minimum atomic E-state index is 0.503. The zero-order valence-corrected chi connectivity index (χ0v) is 12.4. The van der Waals surface area contributed by atoms with E-state index < -0.39 is 0 Å². The van der Waals surface area contributed by atoms with Crippen molar-refractivity contribution in [3.05, 3.63) is 18.0 Å². The van der Waals surface area contributed by atoms with E-state index in [1.54, 1.807) is 0 Å². The van der Waals surface area contributed by atoms with Crippen molar-refractivity contribution in [3.8, 4) is 0 Å². The van der Waals surface area contributed by atoms with Gasteiger partial charge in [0.25, 0.3) is 0 Å². The van der Waals surface area contributed by atoms with Crippen LogP contribution < -0.4 is 5.32 Å². The SMILES string of the molecule is CCNC(Cc1ccn(C)n1)C1CSCCN1C. The Hall–Kier alpha value is -0.520. The quantitative estimate of drug-likeness (QED) is 0.863. The van der Waals surface area contributed by atoms with E-state index in [0.29, 0.717) is 12.1 Å². The number of hydrogen-bond acceptors (Lipinski definition) is 4. The lowest BCUT2D eigenvalue weighted by Gasteiger charge is -2.38. The molecule has 0 aliphatic carbocycles. The van der Waals surface area contributed by atoms with Crippen molar-refractivity contribution in [1.29, 1.82) is 0 Å². The van der Waals surface area contributed by atoms with Crippen molar-refractivity contribution in [2.75, 3.05) is 31.6 Å². The molecule has 2 atom stereocenters. The van der Waals surface area contributed by atoms with E-state index in [1.165, 1.54) is 23.7 Å². The van der Waals surface area contributed by atoms with Crippen LogP contribution in [0, 0.1) is 0 Å². The summed E-state index contributed by atoms with van der Waals surface area (Å²) in [4.78, 5) is 2.49. The maximum absolute atomic E-state index is 4.50. The Bertz CT molecular complexity index is 366. The number of likely N-dealkylation sites (N-methyl/N-ethyl adjacent to an activating group) is 2. The number of hydrogen-bond donors (Lipinski definition) is 1. The van der Waals surface area contributed by atoms with Crippen molar-refractivity contribution in [2.45, 2.75) is 25.4 Å². The van der Waals surface area contributed by atoms with E-state index in [4.69, 9.17) is 0 Å². The van der Waals surface area contributed by atoms with Gasteiger partial charge in [-0.25, -0.2) is 0 Å². The van der Waals surface area contributed by atoms with Crippen LogP contribution in [-0.2, 0) is 13.5 Å². The van der Waals surface area contributed by atoms with Gasteiger partial charge in [0.15, 0.2) is 0 Å². The van der Waals surface area contributed by atoms with E-state index in [9.17, 15) is 0 Å². The summed E-state index contributed by atoms with van der Waals surface area (Å²) in [5.74, 6) is 2.48. The van der Waals surface area contributed by atoms with E-state index >= 15 is 0 Å². The molecule has 2 rings (SSSR count). The standard InChI is InChI=1S/C13H24N4S/c1-4-14-12(9-11-5-6-17(3)15-11)13-10-18-8-7-16(13)2/h5-6,12-14H,4,7-10H2,1-3H3. The van der Waals surface area contributed by atoms with Crippen LogP contribution in [0.3, 0.4) is 0 Å². The van der Waals surface area contributed by atoms with Crippen LogP contribution in [0.25, 0.3) is 0 Å². The fourth-order valence-corrected chi connectivity index (χ4v) is 3.84. The first-order chi connectivity index (χ1) is 8.70. The van der Waals surface area contributed by atoms with Crippen molar-refractivity contribution >= 4 is 11.8 Å². The maximum atomic E-state index is 4.50. The van der Waals surface area contributed by atoms with E-state index in [1.807, 2.05) is 17.9 Å². The first-order valence-electron chi connectivity index (χ1n) is 6.70. The molecule has 0 radical (unpaired) electrons. The largest absolute Gasteiger partial charge is 0.312 e. The highest BCUT2D eigenvalue weighted by Gasteiger charge is 2.27. The molecule has 102 valence electrons. The smallest absolute Gasteiger partial charge is 0.0640 e. The summed E-state index contributed by atoms with van der Waals surface area (Å²) in [5, 5.41) is 8.14. The highest BCUT2D eigenvalue weighted by atomic mass is 32.2. The Morgan fingerprint density at radius 3 is 3.00 bits per heavy atom. The normalized spacial score (nSPS) is 23.2. The average Bonchev–Trinajstić information content (AvgIpc) is 2.75. The van der Waals surface area contributed by atoms with Gasteiger partial charge in [0.1, 0.15) is 0 Å². The first-order valence-corrected chi connectivity index (χ1v) is 7.86. The van der Waals surface area contributed by atoms with Crippen LogP contribution in [-0.4, -0.2) is 58.4 Å². The molecule has 1 fully saturated rings. The van der Waals surface area contributed by atoms with Crippen molar-refractivity contribution < 1.29 is 0 Å². The lowest BCUT2D eigenvalue weighted by atomic mass is 10.0. The molecule has 1 saturated heterocycles. The molecule has 5 heteroatoms. The molecule has 0 saturated carbocycles. The minimum absolute atomic E-state index is 0.503. The molecule has 1 N–H and O–H groups in total. The summed E-state index contributed by atoms with van der Waals surface area (Å²) in [6, 6.07) is 3.24. The number of nitrogens with one attached hydrogen (secondary N) is 1. The van der Waals surface area contributed by atoms with Crippen LogP contribution in [0.5, 0.6) is 0 Å². The summed E-state index contributed by atoms with van der Waals surface area (Å²) in [7, 11) is 4.22. The first kappa shape index (κ1) is 13.9. The topological polar surface area (TPSA) is 33.1 Å². The predicted octanol–water partition coefficient (Wildman–Crippen LogP) is 0.988. The van der Waals surface area contributed by atoms with Gasteiger partial charge < -0.3 is 10.2 Å². The second-order valence-corrected chi connectivity index (χ2v) is 6.12. The molecule has 1 aliphatic rings. The highest BCUT2D eigenvalue weighted by Crippen LogP contribution is 2.19. The lowest BCUT2D eigenvalue weighted by molar-refractivity contribution is 0.214. The molecule has 0 spiro atoms. The molecular formula is C13H24N4S. The van der Waals surface area contributed by atoms with Gasteiger partial charge in [-0.2, -0.15) is 16.9 Å². The third kappa shape index (κ3) is 3.49. The number of thioether (sulfide) groups is 1. The number of aromatic nitrogens is 2. The Morgan fingerprint density at radius 2 is 2.39 bits per heavy atom. The molecule has 1 aliphatic heterocycles. The number of aryl methyl sites for hydroxylation is 1. The Kier molecular flexibility index (Phi) is 5.09. The second-order valence-electron chi connectivity index (χ2n) is 4.97. The summed E-state index contributed by atoms with van der Waals surface area (Å²) in [5.41, 5.74) is 1.19. The van der Waals surface area contributed by atoms with Gasteiger partial charge in [0, 0.05) is 49.8 Å². The van der Waals surface area contributed by atoms with Gasteiger partial charge in [0.2, 0.25) is 0 Å². The van der Waals surface area contributed by atoms with Crippen LogP contribution in [0.1, 0.15) is 12.6 Å². The third-order valence-electron chi connectivity index (χ3n) is 3.57. The fraction of sp³-hybridized carbons (Fsp3) is 0.769. The molecular weight excluding hydrogens is 244 g/mol. The van der Waals surface area contributed by atoms with Crippen LogP contribution in [0.4, 0.5) is 0 Å². The van der Waals surface area contributed by atoms with Crippen molar-refractivity contribution in [2.24, 2.45) is 7.05 Å². The number of rotatable bonds is 5. The second kappa shape index (κ2) is 6.59. The molecule has 0 bridgehead atoms. The monoisotopic (exact) mass is 268 g/mol. The maximum Gasteiger partial charge on any atom is 0.0640 e. The summed E-state index contributed by atoms with van der Waals surface area (Å²) < 4.78 is 1.89. The van der Waals surface area contributed by atoms with E-state index in [2.05, 4.69) is 47.1 Å². The van der Waals surface area contributed by atoms with Gasteiger partial charge in [-0.1, -0.05) is 6.92 Å². The van der Waals surface area contributed by atoms with Gasteiger partial charge >= 0.3 is 0 Å². The third-order valence-corrected chi connectivity index (χ3v) is 4.62. The van der Waals surface area contributed by atoms with Crippen LogP contribution >= 0.6 is 11.8 Å². The van der Waals surface area contributed by atoms with Gasteiger partial charge in [-0.3, -0.25) is 4.68 Å². The molecule has 0 aromatic carbocycles. The molecule has 18 heavy (non-hydrogen) atoms. The van der Waals surface area contributed by atoms with Gasteiger partial charge in [-0.15, -0.1) is 0 Å². The fourth-order valence-electron chi connectivity index (χ4n) is 2.53. The van der Waals surface area contributed by atoms with Crippen LogP contribution in [0.2, 0.25) is 0 Å². The van der Waals surface area contributed by atoms with E-state index in [0.717, 1.165) is 13.0 Å². The molecule has 1 aromatic heterocycles. The number of nitrogens with zero attached hydrogens (tertiary/aromatic N) is 3. The minimum Gasteiger partial charge on any atom is -0.312 e. The summed E-state index contributed by atoms with van der Waals surface area (Å²) in [6.45, 7) is 4.40. The van der Waals surface area contributed by atoms with Crippen molar-refractivity contribution in [1.82, 2.24) is 20.0 Å². The molecule has 2 heterocycles. The van der Waals surface area contributed by atoms with Gasteiger partial charge in [0.05, 0.1) is 5.69 Å². The van der Waals surface area contributed by atoms with E-state index in [-0.39, 0.29) is 0 Å². The Morgan fingerprint density at radius 1 is 1.56 bits per heavy atom. The average molecular weight is 268 g/mol. The van der Waals surface area contributed by atoms with Crippen LogP contribution in [0.15, 0.2) is 12.3 Å². The Balaban J connectivity index is 2.02. The predicted molar refractivity (Wildman–Crippen MR) is 78.1 cm³/mol. The Labute approximate surface area is 114 Å². The summed E-state index contributed by atoms with van der Waals surface area (Å²) in [6.07, 6.45) is 3.04. The summed E-state index contributed by atoms with van der Waals surface area (Å²) >= 11 is 2.07. The van der Waals surface area contributed by atoms with Gasteiger partial charge in [-0.05, 0) is 19.7 Å². The molecule has 4 nitrogen and oxygen atoms in total. The molecule has 2 unspecified atom stereocenters. The highest BCUT2D eigenvalue weighted by molar-refractivity contribution is 7.99. The zero-order valence-electron chi connectivity index (χ0n) is 11.6. The molecule has 0 amide bonds. The van der Waals surface area contributed by atoms with Crippen molar-refractivity contribution in [3.63, 3.8) is 0 Å². The molecule has 1 aromatic rings. The zero-order chi connectivity index (χ0) is 13.0. The lowest BCUT2D eigenvalue weighted by Crippen LogP contribution is -2.53.